The number of carbonyl (C=O) groups is 2. The van der Waals surface area contributed by atoms with E-state index in [2.05, 4.69) is 4.98 Å². The van der Waals surface area contributed by atoms with Gasteiger partial charge < -0.3 is 14.4 Å². The van der Waals surface area contributed by atoms with Crippen LogP contribution in [0.2, 0.25) is 0 Å². The molecule has 4 rings (SSSR count). The van der Waals surface area contributed by atoms with E-state index in [9.17, 15) is 14.0 Å². The number of halogens is 1. The monoisotopic (exact) mass is 398 g/mol. The topological polar surface area (TPSA) is 68.7 Å². The Labute approximate surface area is 168 Å². The molecule has 0 spiro atoms. The molecular formula is C22H23FN2O4. The molecule has 2 aliphatic rings. The van der Waals surface area contributed by atoms with Gasteiger partial charge in [0, 0.05) is 36.7 Å². The molecule has 152 valence electrons. The molecule has 1 aromatic heterocycles. The molecule has 1 fully saturated rings. The Hall–Kier alpha value is -2.96. The Morgan fingerprint density at radius 1 is 1.28 bits per heavy atom. The van der Waals surface area contributed by atoms with Gasteiger partial charge in [0.1, 0.15) is 11.6 Å². The minimum absolute atomic E-state index is 0.0684. The number of ketones is 1. The fourth-order valence-electron chi connectivity index (χ4n) is 3.63. The highest BCUT2D eigenvalue weighted by atomic mass is 19.1. The van der Waals surface area contributed by atoms with Crippen LogP contribution < -0.4 is 14.4 Å². The fourth-order valence-corrected chi connectivity index (χ4v) is 3.63. The summed E-state index contributed by atoms with van der Waals surface area (Å²) >= 11 is 0. The molecule has 7 heteroatoms. The second kappa shape index (κ2) is 7.81. The van der Waals surface area contributed by atoms with Gasteiger partial charge in [0.15, 0.2) is 11.9 Å². The van der Waals surface area contributed by atoms with Crippen LogP contribution in [0.5, 0.6) is 11.6 Å². The van der Waals surface area contributed by atoms with E-state index in [1.54, 1.807) is 18.2 Å². The maximum Gasteiger partial charge on any atom is 0.268 e. The van der Waals surface area contributed by atoms with Crippen molar-refractivity contribution in [3.63, 3.8) is 0 Å². The first kappa shape index (κ1) is 19.4. The summed E-state index contributed by atoms with van der Waals surface area (Å²) in [6.07, 6.45) is 3.01. The lowest BCUT2D eigenvalue weighted by Crippen LogP contribution is -2.32. The number of amides is 1. The minimum atomic E-state index is -0.676. The molecule has 0 radical (unpaired) electrons. The molecule has 1 aliphatic carbocycles. The first-order valence-electron chi connectivity index (χ1n) is 9.92. The molecule has 2 atom stereocenters. The maximum absolute atomic E-state index is 14.4. The van der Waals surface area contributed by atoms with E-state index < -0.39 is 11.9 Å². The molecule has 0 N–H and O–H groups in total. The predicted molar refractivity (Wildman–Crippen MR) is 105 cm³/mol. The van der Waals surface area contributed by atoms with Crippen LogP contribution in [-0.4, -0.2) is 35.4 Å². The number of pyridine rings is 1. The van der Waals surface area contributed by atoms with Crippen molar-refractivity contribution in [1.82, 2.24) is 4.98 Å². The van der Waals surface area contributed by atoms with Crippen LogP contribution in [0.1, 0.15) is 49.0 Å². The smallest absolute Gasteiger partial charge is 0.268 e. The number of aromatic nitrogens is 1. The van der Waals surface area contributed by atoms with Crippen molar-refractivity contribution < 1.29 is 23.5 Å². The molecule has 1 aromatic carbocycles. The second-order valence-corrected chi connectivity index (χ2v) is 7.43. The highest BCUT2D eigenvalue weighted by Gasteiger charge is 2.36. The summed E-state index contributed by atoms with van der Waals surface area (Å²) in [5.74, 6) is 0.212. The van der Waals surface area contributed by atoms with Crippen LogP contribution in [0, 0.1) is 5.82 Å². The zero-order valence-electron chi connectivity index (χ0n) is 16.5. The Morgan fingerprint density at radius 3 is 2.83 bits per heavy atom. The molecule has 29 heavy (non-hydrogen) atoms. The first-order valence-corrected chi connectivity index (χ1v) is 9.92. The van der Waals surface area contributed by atoms with Gasteiger partial charge in [0.25, 0.3) is 5.91 Å². The average molecular weight is 398 g/mol. The van der Waals surface area contributed by atoms with Gasteiger partial charge in [0.05, 0.1) is 12.3 Å². The molecule has 1 saturated heterocycles. The van der Waals surface area contributed by atoms with Crippen LogP contribution in [0.3, 0.4) is 0 Å². The van der Waals surface area contributed by atoms with E-state index in [1.165, 1.54) is 17.2 Å². The quantitative estimate of drug-likeness (QED) is 0.742. The van der Waals surface area contributed by atoms with E-state index in [0.29, 0.717) is 54.3 Å². The van der Waals surface area contributed by atoms with Crippen LogP contribution in [0.25, 0.3) is 0 Å². The summed E-state index contributed by atoms with van der Waals surface area (Å²) in [5.41, 5.74) is 1.24. The van der Waals surface area contributed by atoms with Gasteiger partial charge in [-0.1, -0.05) is 6.92 Å². The number of hydrogen-bond donors (Lipinski definition) is 0. The first-order chi connectivity index (χ1) is 14.0. The number of carbonyl (C=O) groups excluding carboxylic acids is 2. The number of hydrogen-bond acceptors (Lipinski definition) is 5. The van der Waals surface area contributed by atoms with E-state index in [4.69, 9.17) is 9.47 Å². The molecular weight excluding hydrogens is 375 g/mol. The molecule has 1 unspecified atom stereocenters. The van der Waals surface area contributed by atoms with Gasteiger partial charge in [-0.2, -0.15) is 0 Å². The summed E-state index contributed by atoms with van der Waals surface area (Å²) in [6, 6.07) is 6.38. The molecule has 2 aromatic rings. The number of anilines is 1. The third kappa shape index (κ3) is 3.81. The van der Waals surface area contributed by atoms with E-state index in [-0.39, 0.29) is 17.8 Å². The van der Waals surface area contributed by atoms with Gasteiger partial charge in [-0.3, -0.25) is 9.59 Å². The Balaban J connectivity index is 1.45. The van der Waals surface area contributed by atoms with Crippen molar-refractivity contribution in [1.29, 1.82) is 0 Å². The number of fused-ring (bicyclic) bond motifs is 1. The van der Waals surface area contributed by atoms with Crippen molar-refractivity contribution in [3.05, 3.63) is 47.4 Å². The zero-order valence-corrected chi connectivity index (χ0v) is 16.5. The SMILES string of the molecule is CCC(C)Oc1ccc(O[C@@H]2CCN(c3cc(F)c4c(c3)C(=O)CC4)C2=O)cn1. The van der Waals surface area contributed by atoms with Gasteiger partial charge in [0.2, 0.25) is 5.88 Å². The van der Waals surface area contributed by atoms with Crippen molar-refractivity contribution >= 4 is 17.4 Å². The summed E-state index contributed by atoms with van der Waals surface area (Å²) in [7, 11) is 0. The van der Waals surface area contributed by atoms with Crippen LogP contribution in [-0.2, 0) is 11.2 Å². The number of nitrogens with zero attached hydrogens (tertiary/aromatic N) is 2. The maximum atomic E-state index is 14.4. The Bertz CT molecular complexity index is 945. The summed E-state index contributed by atoms with van der Waals surface area (Å²) in [5, 5.41) is 0. The van der Waals surface area contributed by atoms with E-state index in [1.807, 2.05) is 13.8 Å². The third-order valence-electron chi connectivity index (χ3n) is 5.44. The highest BCUT2D eigenvalue weighted by molar-refractivity contribution is 6.04. The fraction of sp³-hybridized carbons (Fsp3) is 0.409. The third-order valence-corrected chi connectivity index (χ3v) is 5.44. The molecule has 0 saturated carbocycles. The molecule has 0 bridgehead atoms. The van der Waals surface area contributed by atoms with Crippen molar-refractivity contribution in [2.24, 2.45) is 0 Å². The number of rotatable bonds is 6. The Kier molecular flexibility index (Phi) is 5.22. The standard InChI is InChI=1S/C22H23FN2O4/c1-3-13(2)28-21-7-4-15(12-24-21)29-20-8-9-25(22(20)27)14-10-17-16(18(23)11-14)5-6-19(17)26/h4,7,10-13,20H,3,5-6,8-9H2,1-2H3/t13?,20-/m1/s1. The zero-order chi connectivity index (χ0) is 20.5. The van der Waals surface area contributed by atoms with Gasteiger partial charge in [-0.15, -0.1) is 0 Å². The summed E-state index contributed by atoms with van der Waals surface area (Å²) in [6.45, 7) is 4.40. The normalized spacial score (nSPS) is 19.4. The Morgan fingerprint density at radius 2 is 2.10 bits per heavy atom. The highest BCUT2D eigenvalue weighted by Crippen LogP contribution is 2.32. The van der Waals surface area contributed by atoms with Crippen molar-refractivity contribution in [3.8, 4) is 11.6 Å². The van der Waals surface area contributed by atoms with Gasteiger partial charge in [-0.05, 0) is 43.5 Å². The number of ether oxygens (including phenoxy) is 2. The largest absolute Gasteiger partial charge is 0.479 e. The van der Waals surface area contributed by atoms with Crippen molar-refractivity contribution in [2.45, 2.75) is 51.7 Å². The van der Waals surface area contributed by atoms with E-state index >= 15 is 0 Å². The number of Topliss-reactive ketones (excluding diaryl/α,β-unsaturated/α-hetero) is 1. The van der Waals surface area contributed by atoms with Gasteiger partial charge in [-0.25, -0.2) is 9.37 Å². The lowest BCUT2D eigenvalue weighted by Gasteiger charge is -2.18. The van der Waals surface area contributed by atoms with Crippen molar-refractivity contribution in [2.75, 3.05) is 11.4 Å². The average Bonchev–Trinajstić information content (AvgIpc) is 3.27. The lowest BCUT2D eigenvalue weighted by atomic mass is 10.1. The summed E-state index contributed by atoms with van der Waals surface area (Å²) < 4.78 is 25.8. The van der Waals surface area contributed by atoms with E-state index in [0.717, 1.165) is 6.42 Å². The van der Waals surface area contributed by atoms with Crippen LogP contribution in [0.4, 0.5) is 10.1 Å². The molecule has 6 nitrogen and oxygen atoms in total. The molecule has 1 aliphatic heterocycles. The second-order valence-electron chi connectivity index (χ2n) is 7.43. The molecule has 2 heterocycles. The van der Waals surface area contributed by atoms with Crippen LogP contribution >= 0.6 is 0 Å². The van der Waals surface area contributed by atoms with Crippen LogP contribution in [0.15, 0.2) is 30.5 Å². The number of benzene rings is 1. The lowest BCUT2D eigenvalue weighted by molar-refractivity contribution is -0.122. The summed E-state index contributed by atoms with van der Waals surface area (Å²) in [4.78, 5) is 30.5. The molecule has 1 amide bonds. The minimum Gasteiger partial charge on any atom is -0.479 e. The van der Waals surface area contributed by atoms with Gasteiger partial charge >= 0.3 is 0 Å². The predicted octanol–water partition coefficient (Wildman–Crippen LogP) is 3.71.